The van der Waals surface area contributed by atoms with E-state index in [2.05, 4.69) is 5.32 Å². The van der Waals surface area contributed by atoms with Crippen molar-refractivity contribution in [1.29, 1.82) is 0 Å². The van der Waals surface area contributed by atoms with Gasteiger partial charge in [-0.3, -0.25) is 4.79 Å². The molecule has 1 saturated carbocycles. The highest BCUT2D eigenvalue weighted by molar-refractivity contribution is 5.98. The number of benzene rings is 1. The molecule has 0 atom stereocenters. The minimum atomic E-state index is -0.195. The molecule has 0 radical (unpaired) electrons. The lowest BCUT2D eigenvalue weighted by Crippen LogP contribution is -2.50. The molecule has 0 unspecified atom stereocenters. The molecule has 6 nitrogen and oxygen atoms in total. The Kier molecular flexibility index (Phi) is 4.34. The number of amides is 1. The van der Waals surface area contributed by atoms with Crippen LogP contribution in [0.15, 0.2) is 12.1 Å². The summed E-state index contributed by atoms with van der Waals surface area (Å²) in [4.78, 5) is 12.3. The van der Waals surface area contributed by atoms with Gasteiger partial charge in [-0.15, -0.1) is 0 Å². The highest BCUT2D eigenvalue weighted by atomic mass is 16.5. The van der Waals surface area contributed by atoms with Gasteiger partial charge in [-0.1, -0.05) is 0 Å². The molecular weight excluding hydrogens is 260 g/mol. The quantitative estimate of drug-likeness (QED) is 0.838. The van der Waals surface area contributed by atoms with Gasteiger partial charge in [0.2, 0.25) is 5.75 Å². The molecule has 0 bridgehead atoms. The van der Waals surface area contributed by atoms with Crippen molar-refractivity contribution in [2.24, 2.45) is 5.73 Å². The number of hydrogen-bond donors (Lipinski definition) is 2. The second-order valence-corrected chi connectivity index (χ2v) is 4.78. The molecule has 1 aromatic carbocycles. The lowest BCUT2D eigenvalue weighted by atomic mass is 9.87. The van der Waals surface area contributed by atoms with Gasteiger partial charge >= 0.3 is 0 Å². The van der Waals surface area contributed by atoms with Gasteiger partial charge in [0, 0.05) is 12.1 Å². The maximum atomic E-state index is 12.3. The van der Waals surface area contributed by atoms with Crippen LogP contribution in [0.1, 0.15) is 23.2 Å². The molecule has 1 aliphatic carbocycles. The molecule has 110 valence electrons. The first-order chi connectivity index (χ1) is 9.60. The van der Waals surface area contributed by atoms with Crippen LogP contribution in [0.3, 0.4) is 0 Å². The molecular formula is C14H20N2O4. The molecule has 3 N–H and O–H groups in total. The molecule has 0 spiro atoms. The Hall–Kier alpha value is -1.95. The lowest BCUT2D eigenvalue weighted by Gasteiger charge is -2.33. The van der Waals surface area contributed by atoms with Crippen molar-refractivity contribution in [1.82, 2.24) is 5.32 Å². The summed E-state index contributed by atoms with van der Waals surface area (Å²) in [5.74, 6) is 1.10. The van der Waals surface area contributed by atoms with Crippen LogP contribution >= 0.6 is 0 Å². The van der Waals surface area contributed by atoms with Crippen LogP contribution in [0.2, 0.25) is 0 Å². The van der Waals surface area contributed by atoms with Gasteiger partial charge in [0.05, 0.1) is 26.9 Å². The Morgan fingerprint density at radius 1 is 1.15 bits per heavy atom. The molecule has 1 aromatic rings. The number of rotatable bonds is 5. The van der Waals surface area contributed by atoms with Crippen LogP contribution in [0, 0.1) is 0 Å². The van der Waals surface area contributed by atoms with Gasteiger partial charge in [-0.05, 0) is 25.0 Å². The Morgan fingerprint density at radius 3 is 2.30 bits per heavy atom. The molecule has 1 aliphatic rings. The van der Waals surface area contributed by atoms with Crippen LogP contribution in [-0.2, 0) is 0 Å². The Labute approximate surface area is 118 Å². The zero-order chi connectivity index (χ0) is 14.7. The third-order valence-electron chi connectivity index (χ3n) is 3.46. The van der Waals surface area contributed by atoms with Crippen molar-refractivity contribution in [2.45, 2.75) is 24.9 Å². The van der Waals surface area contributed by atoms with E-state index in [1.54, 1.807) is 12.1 Å². The van der Waals surface area contributed by atoms with Crippen LogP contribution in [-0.4, -0.2) is 39.3 Å². The summed E-state index contributed by atoms with van der Waals surface area (Å²) >= 11 is 0. The van der Waals surface area contributed by atoms with Gasteiger partial charge in [0.15, 0.2) is 11.5 Å². The normalized spacial score (nSPS) is 20.8. The van der Waals surface area contributed by atoms with E-state index in [1.807, 2.05) is 0 Å². The van der Waals surface area contributed by atoms with Crippen LogP contribution in [0.25, 0.3) is 0 Å². The average Bonchev–Trinajstić information content (AvgIpc) is 2.43. The second-order valence-electron chi connectivity index (χ2n) is 4.78. The molecule has 0 aliphatic heterocycles. The van der Waals surface area contributed by atoms with Crippen LogP contribution in [0.4, 0.5) is 0 Å². The van der Waals surface area contributed by atoms with E-state index in [-0.39, 0.29) is 18.0 Å². The number of carbonyl (C=O) groups is 1. The Balaban J connectivity index is 2.24. The summed E-state index contributed by atoms with van der Waals surface area (Å²) in [6.07, 6.45) is 1.61. The summed E-state index contributed by atoms with van der Waals surface area (Å²) in [6.45, 7) is 0. The molecule has 6 heteroatoms. The predicted octanol–water partition coefficient (Wildman–Crippen LogP) is 0.932. The van der Waals surface area contributed by atoms with Crippen LogP contribution < -0.4 is 25.3 Å². The Bertz CT molecular complexity index is 498. The number of nitrogens with one attached hydrogen (secondary N) is 1. The largest absolute Gasteiger partial charge is 0.493 e. The van der Waals surface area contributed by atoms with E-state index in [4.69, 9.17) is 19.9 Å². The minimum absolute atomic E-state index is 0.135. The maximum Gasteiger partial charge on any atom is 0.255 e. The van der Waals surface area contributed by atoms with Gasteiger partial charge in [0.25, 0.3) is 5.91 Å². The molecule has 2 rings (SSSR count). The van der Waals surface area contributed by atoms with Crippen molar-refractivity contribution in [2.75, 3.05) is 21.3 Å². The second kappa shape index (κ2) is 6.00. The van der Waals surface area contributed by atoms with E-state index < -0.39 is 0 Å². The van der Waals surface area contributed by atoms with E-state index in [0.29, 0.717) is 22.8 Å². The van der Waals surface area contributed by atoms with Gasteiger partial charge in [-0.2, -0.15) is 0 Å². The summed E-state index contributed by atoms with van der Waals surface area (Å²) in [5.41, 5.74) is 6.13. The highest BCUT2D eigenvalue weighted by Crippen LogP contribution is 2.39. The Morgan fingerprint density at radius 2 is 1.80 bits per heavy atom. The van der Waals surface area contributed by atoms with Crippen molar-refractivity contribution in [3.63, 3.8) is 0 Å². The molecule has 0 heterocycles. The highest BCUT2D eigenvalue weighted by Gasteiger charge is 2.29. The zero-order valence-corrected chi connectivity index (χ0v) is 11.9. The number of hydrogen-bond acceptors (Lipinski definition) is 5. The maximum absolute atomic E-state index is 12.3. The fraction of sp³-hybridized carbons (Fsp3) is 0.500. The first kappa shape index (κ1) is 14.5. The predicted molar refractivity (Wildman–Crippen MR) is 74.6 cm³/mol. The topological polar surface area (TPSA) is 82.8 Å². The summed E-state index contributed by atoms with van der Waals surface area (Å²) < 4.78 is 15.7. The zero-order valence-electron chi connectivity index (χ0n) is 11.9. The van der Waals surface area contributed by atoms with E-state index in [1.165, 1.54) is 21.3 Å². The molecule has 1 fully saturated rings. The number of methoxy groups -OCH3 is 3. The molecule has 20 heavy (non-hydrogen) atoms. The van der Waals surface area contributed by atoms with Gasteiger partial charge < -0.3 is 25.3 Å². The first-order valence-corrected chi connectivity index (χ1v) is 6.46. The van der Waals surface area contributed by atoms with Crippen molar-refractivity contribution < 1.29 is 19.0 Å². The lowest BCUT2D eigenvalue weighted by molar-refractivity contribution is 0.0906. The van der Waals surface area contributed by atoms with Crippen molar-refractivity contribution in [3.8, 4) is 17.2 Å². The molecule has 0 aromatic heterocycles. The van der Waals surface area contributed by atoms with Crippen LogP contribution in [0.5, 0.6) is 17.2 Å². The summed E-state index contributed by atoms with van der Waals surface area (Å²) in [7, 11) is 4.53. The number of carbonyl (C=O) groups excluding carboxylic acids is 1. The standard InChI is InChI=1S/C14H20N2O4/c1-18-11-5-4-10(12(19-2)13(11)20-3)14(17)16-9-6-8(15)7-9/h4-5,8-9H,6-7,15H2,1-3H3,(H,16,17). The average molecular weight is 280 g/mol. The minimum Gasteiger partial charge on any atom is -0.493 e. The SMILES string of the molecule is COc1ccc(C(=O)NC2CC(N)C2)c(OC)c1OC. The van der Waals surface area contributed by atoms with Crippen molar-refractivity contribution >= 4 is 5.91 Å². The third kappa shape index (κ3) is 2.65. The van der Waals surface area contributed by atoms with E-state index in [0.717, 1.165) is 12.8 Å². The summed E-state index contributed by atoms with van der Waals surface area (Å²) in [6, 6.07) is 3.67. The van der Waals surface area contributed by atoms with Gasteiger partial charge in [0.1, 0.15) is 0 Å². The third-order valence-corrected chi connectivity index (χ3v) is 3.46. The van der Waals surface area contributed by atoms with Gasteiger partial charge in [-0.25, -0.2) is 0 Å². The molecule has 0 saturated heterocycles. The van der Waals surface area contributed by atoms with E-state index >= 15 is 0 Å². The van der Waals surface area contributed by atoms with Crippen molar-refractivity contribution in [3.05, 3.63) is 17.7 Å². The number of ether oxygens (including phenoxy) is 3. The first-order valence-electron chi connectivity index (χ1n) is 6.46. The fourth-order valence-corrected chi connectivity index (χ4v) is 2.32. The van der Waals surface area contributed by atoms with E-state index in [9.17, 15) is 4.79 Å². The summed E-state index contributed by atoms with van der Waals surface area (Å²) in [5, 5.41) is 2.93. The number of nitrogens with two attached hydrogens (primary N) is 1. The molecule has 1 amide bonds. The fourth-order valence-electron chi connectivity index (χ4n) is 2.32. The smallest absolute Gasteiger partial charge is 0.255 e. The monoisotopic (exact) mass is 280 g/mol.